The van der Waals surface area contributed by atoms with Gasteiger partial charge in [0.25, 0.3) is 0 Å². The van der Waals surface area contributed by atoms with E-state index in [2.05, 4.69) is 59.0 Å². The first-order valence-corrected chi connectivity index (χ1v) is 7.13. The molecule has 94 valence electrons. The van der Waals surface area contributed by atoms with E-state index in [1.54, 1.807) is 0 Å². The lowest BCUT2D eigenvalue weighted by Gasteiger charge is -2.14. The quantitative estimate of drug-likeness (QED) is 0.534. The van der Waals surface area contributed by atoms with Crippen molar-refractivity contribution in [1.29, 1.82) is 0 Å². The third kappa shape index (κ3) is 6.04. The summed E-state index contributed by atoms with van der Waals surface area (Å²) in [6.45, 7) is 7.04. The highest BCUT2D eigenvalue weighted by Crippen LogP contribution is 2.16. The third-order valence-corrected chi connectivity index (χ3v) is 3.43. The fraction of sp³-hybridized carbons (Fsp3) is 0.467. The van der Waals surface area contributed by atoms with Crippen molar-refractivity contribution in [2.24, 2.45) is 0 Å². The number of benzene rings is 1. The van der Waals surface area contributed by atoms with Crippen LogP contribution in [0.15, 0.2) is 41.4 Å². The molecule has 0 amide bonds. The van der Waals surface area contributed by atoms with Gasteiger partial charge in [-0.3, -0.25) is 0 Å². The molecule has 0 bridgehead atoms. The molecule has 2 heteroatoms. The Kier molecular flexibility index (Phi) is 7.22. The predicted octanol–water partition coefficient (Wildman–Crippen LogP) is 4.85. The summed E-state index contributed by atoms with van der Waals surface area (Å²) in [5, 5.41) is 3.55. The van der Waals surface area contributed by atoms with Crippen molar-refractivity contribution >= 4 is 15.9 Å². The first-order chi connectivity index (χ1) is 8.24. The summed E-state index contributed by atoms with van der Waals surface area (Å²) in [7, 11) is 0. The van der Waals surface area contributed by atoms with Crippen LogP contribution in [0.2, 0.25) is 0 Å². The average molecular weight is 296 g/mol. The molecule has 0 saturated carbocycles. The van der Waals surface area contributed by atoms with Gasteiger partial charge in [-0.05, 0) is 50.4 Å². The van der Waals surface area contributed by atoms with Crippen LogP contribution in [0.25, 0.3) is 0 Å². The number of hydrogen-bond donors (Lipinski definition) is 1. The molecular weight excluding hydrogens is 274 g/mol. The maximum Gasteiger partial charge on any atom is 0.0291 e. The minimum Gasteiger partial charge on any atom is -0.310 e. The van der Waals surface area contributed by atoms with Gasteiger partial charge in [-0.25, -0.2) is 0 Å². The molecule has 1 atom stereocenters. The Morgan fingerprint density at radius 1 is 1.24 bits per heavy atom. The fourth-order valence-electron chi connectivity index (χ4n) is 1.78. The Morgan fingerprint density at radius 2 is 1.94 bits per heavy atom. The number of unbranched alkanes of at least 4 members (excludes halogenated alkanes) is 3. The molecule has 0 heterocycles. The first kappa shape index (κ1) is 14.5. The van der Waals surface area contributed by atoms with Crippen LogP contribution in [0.1, 0.15) is 44.2 Å². The highest BCUT2D eigenvalue weighted by molar-refractivity contribution is 9.10. The molecule has 0 aromatic heterocycles. The molecule has 0 radical (unpaired) electrons. The Labute approximate surface area is 113 Å². The normalized spacial score (nSPS) is 12.4. The van der Waals surface area contributed by atoms with Gasteiger partial charge >= 0.3 is 0 Å². The molecule has 1 rings (SSSR count). The van der Waals surface area contributed by atoms with E-state index in [4.69, 9.17) is 0 Å². The zero-order valence-electron chi connectivity index (χ0n) is 10.6. The molecule has 1 aromatic rings. The molecule has 1 aromatic carbocycles. The van der Waals surface area contributed by atoms with Gasteiger partial charge in [0.1, 0.15) is 0 Å². The van der Waals surface area contributed by atoms with Crippen molar-refractivity contribution in [2.75, 3.05) is 6.54 Å². The highest BCUT2D eigenvalue weighted by Gasteiger charge is 2.03. The van der Waals surface area contributed by atoms with E-state index < -0.39 is 0 Å². The van der Waals surface area contributed by atoms with Crippen LogP contribution in [0.3, 0.4) is 0 Å². The second-order valence-electron chi connectivity index (χ2n) is 4.37. The van der Waals surface area contributed by atoms with Gasteiger partial charge in [-0.2, -0.15) is 0 Å². The second kappa shape index (κ2) is 8.48. The van der Waals surface area contributed by atoms with Gasteiger partial charge in [0.15, 0.2) is 0 Å². The topological polar surface area (TPSA) is 12.0 Å². The zero-order chi connectivity index (χ0) is 12.5. The summed E-state index contributed by atoms with van der Waals surface area (Å²) in [5.74, 6) is 0. The first-order valence-electron chi connectivity index (χ1n) is 6.34. The number of rotatable bonds is 8. The standard InChI is InChI=1S/C15H22BrN/c1-3-4-5-6-7-12-17-13(2)14-8-10-15(16)11-9-14/h3,8-11,13,17H,1,4-7,12H2,2H3/t13-/m0/s1. The smallest absolute Gasteiger partial charge is 0.0291 e. The molecule has 0 aliphatic rings. The molecule has 1 nitrogen and oxygen atoms in total. The summed E-state index contributed by atoms with van der Waals surface area (Å²) < 4.78 is 1.14. The minimum atomic E-state index is 0.433. The highest BCUT2D eigenvalue weighted by atomic mass is 79.9. The van der Waals surface area contributed by atoms with Gasteiger partial charge in [0.05, 0.1) is 0 Å². The summed E-state index contributed by atoms with van der Waals surface area (Å²) in [6.07, 6.45) is 6.93. The predicted molar refractivity (Wildman–Crippen MR) is 79.2 cm³/mol. The molecule has 0 aliphatic heterocycles. The summed E-state index contributed by atoms with van der Waals surface area (Å²) in [4.78, 5) is 0. The Hall–Kier alpha value is -0.600. The van der Waals surface area contributed by atoms with Crippen molar-refractivity contribution in [3.05, 3.63) is 47.0 Å². The number of allylic oxidation sites excluding steroid dienone is 1. The van der Waals surface area contributed by atoms with Crippen molar-refractivity contribution < 1.29 is 0 Å². The van der Waals surface area contributed by atoms with Crippen molar-refractivity contribution in [3.8, 4) is 0 Å². The van der Waals surface area contributed by atoms with Crippen molar-refractivity contribution in [2.45, 2.75) is 38.6 Å². The van der Waals surface area contributed by atoms with Crippen molar-refractivity contribution in [1.82, 2.24) is 5.32 Å². The van der Waals surface area contributed by atoms with Gasteiger partial charge in [-0.1, -0.05) is 40.6 Å². The van der Waals surface area contributed by atoms with E-state index in [0.717, 1.165) is 17.4 Å². The van der Waals surface area contributed by atoms with Crippen LogP contribution in [0.4, 0.5) is 0 Å². The van der Waals surface area contributed by atoms with Crippen LogP contribution in [0, 0.1) is 0 Å². The van der Waals surface area contributed by atoms with E-state index in [1.807, 2.05) is 6.08 Å². The van der Waals surface area contributed by atoms with Crippen LogP contribution < -0.4 is 5.32 Å². The lowest BCUT2D eigenvalue weighted by Crippen LogP contribution is -2.19. The van der Waals surface area contributed by atoms with Gasteiger partial charge in [-0.15, -0.1) is 6.58 Å². The maximum absolute atomic E-state index is 3.73. The van der Waals surface area contributed by atoms with Crippen LogP contribution in [0.5, 0.6) is 0 Å². The van der Waals surface area contributed by atoms with Crippen LogP contribution in [-0.2, 0) is 0 Å². The summed E-state index contributed by atoms with van der Waals surface area (Å²) in [6, 6.07) is 8.95. The molecule has 1 N–H and O–H groups in total. The molecule has 0 fully saturated rings. The fourth-order valence-corrected chi connectivity index (χ4v) is 2.04. The Morgan fingerprint density at radius 3 is 2.59 bits per heavy atom. The van der Waals surface area contributed by atoms with E-state index in [-0.39, 0.29) is 0 Å². The SMILES string of the molecule is C=CCCCCCN[C@@H](C)c1ccc(Br)cc1. The van der Waals surface area contributed by atoms with Gasteiger partial charge in [0, 0.05) is 10.5 Å². The number of halogens is 1. The number of nitrogens with one attached hydrogen (secondary N) is 1. The van der Waals surface area contributed by atoms with Crippen LogP contribution in [-0.4, -0.2) is 6.54 Å². The summed E-state index contributed by atoms with van der Waals surface area (Å²) in [5.41, 5.74) is 1.35. The lowest BCUT2D eigenvalue weighted by molar-refractivity contribution is 0.539. The van der Waals surface area contributed by atoms with E-state index in [0.29, 0.717) is 6.04 Å². The Bertz CT molecular complexity index is 318. The molecule has 0 spiro atoms. The van der Waals surface area contributed by atoms with Crippen LogP contribution >= 0.6 is 15.9 Å². The monoisotopic (exact) mass is 295 g/mol. The number of hydrogen-bond acceptors (Lipinski definition) is 1. The Balaban J connectivity index is 2.18. The maximum atomic E-state index is 3.73. The molecule has 0 aliphatic carbocycles. The average Bonchev–Trinajstić information content (AvgIpc) is 2.34. The molecule has 0 unspecified atom stereocenters. The summed E-state index contributed by atoms with van der Waals surface area (Å²) >= 11 is 3.45. The molecule has 0 saturated heterocycles. The largest absolute Gasteiger partial charge is 0.310 e. The van der Waals surface area contributed by atoms with E-state index in [9.17, 15) is 0 Å². The minimum absolute atomic E-state index is 0.433. The molecule has 17 heavy (non-hydrogen) atoms. The van der Waals surface area contributed by atoms with E-state index in [1.165, 1.54) is 24.8 Å². The molecular formula is C15H22BrN. The van der Waals surface area contributed by atoms with E-state index >= 15 is 0 Å². The van der Waals surface area contributed by atoms with Gasteiger partial charge < -0.3 is 5.32 Å². The van der Waals surface area contributed by atoms with Gasteiger partial charge in [0.2, 0.25) is 0 Å². The van der Waals surface area contributed by atoms with Crippen molar-refractivity contribution in [3.63, 3.8) is 0 Å². The zero-order valence-corrected chi connectivity index (χ0v) is 12.2. The lowest BCUT2D eigenvalue weighted by atomic mass is 10.1. The second-order valence-corrected chi connectivity index (χ2v) is 5.28. The third-order valence-electron chi connectivity index (χ3n) is 2.91.